The number of hydrogen-bond donors (Lipinski definition) is 1. The molecule has 2 atom stereocenters. The Morgan fingerprint density at radius 1 is 1.30 bits per heavy atom. The summed E-state index contributed by atoms with van der Waals surface area (Å²) < 4.78 is 29.3. The summed E-state index contributed by atoms with van der Waals surface area (Å²) in [6.07, 6.45) is 6.21. The van der Waals surface area contributed by atoms with E-state index in [9.17, 15) is 18.4 Å². The van der Waals surface area contributed by atoms with Crippen molar-refractivity contribution in [3.8, 4) is 11.3 Å². The Balaban J connectivity index is 1.90. The van der Waals surface area contributed by atoms with Crippen LogP contribution in [0, 0.1) is 12.0 Å². The van der Waals surface area contributed by atoms with E-state index in [0.29, 0.717) is 35.2 Å². The number of carbonyl (C=O) groups is 1. The number of alkyl halides is 2. The van der Waals surface area contributed by atoms with Crippen LogP contribution in [0.3, 0.4) is 0 Å². The number of aromatic nitrogens is 4. The SMILES string of the molecule is C[C@@H]1CCC[C@H](n2cc[c]cc2=O)c2cc(ccn2)-c2c(cnn2C(F)F)NC1=O. The molecule has 9 heteroatoms. The second-order valence-corrected chi connectivity index (χ2v) is 7.31. The van der Waals surface area contributed by atoms with Crippen LogP contribution >= 0.6 is 0 Å². The van der Waals surface area contributed by atoms with E-state index in [0.717, 1.165) is 0 Å². The number of halogens is 2. The fourth-order valence-electron chi connectivity index (χ4n) is 3.75. The van der Waals surface area contributed by atoms with Gasteiger partial charge in [0.1, 0.15) is 0 Å². The number of hydrogen-bond acceptors (Lipinski definition) is 4. The molecule has 3 aromatic heterocycles. The van der Waals surface area contributed by atoms with Crippen molar-refractivity contribution in [1.29, 1.82) is 0 Å². The third-order valence-electron chi connectivity index (χ3n) is 5.32. The molecule has 0 spiro atoms. The average molecular weight is 412 g/mol. The van der Waals surface area contributed by atoms with E-state index in [1.807, 2.05) is 0 Å². The molecule has 0 saturated carbocycles. The van der Waals surface area contributed by atoms with Crippen molar-refractivity contribution in [2.24, 2.45) is 5.92 Å². The minimum Gasteiger partial charge on any atom is -0.323 e. The molecule has 2 bridgehead atoms. The maximum absolute atomic E-state index is 13.6. The molecule has 1 radical (unpaired) electrons. The van der Waals surface area contributed by atoms with Crippen molar-refractivity contribution in [1.82, 2.24) is 19.3 Å². The van der Waals surface area contributed by atoms with Crippen molar-refractivity contribution in [2.75, 3.05) is 5.32 Å². The highest BCUT2D eigenvalue weighted by molar-refractivity contribution is 5.95. The number of pyridine rings is 2. The Labute approximate surface area is 171 Å². The standard InChI is InChI=1S/C21H20F2N5O2/c1-13-5-4-6-17(27-10-3-2-7-18(27)29)15-11-14(8-9-24-15)19-16(26-20(13)30)12-25-28(19)21(22)23/h3,7-13,17,21H,4-6H2,1H3,(H,26,30)/t13-,17+/m1/s1. The van der Waals surface area contributed by atoms with E-state index in [1.54, 1.807) is 35.9 Å². The number of nitrogens with one attached hydrogen (secondary N) is 1. The molecular formula is C21H20F2N5O2. The fraction of sp³-hybridized carbons (Fsp3) is 0.333. The van der Waals surface area contributed by atoms with Gasteiger partial charge in [-0.25, -0.2) is 4.68 Å². The molecule has 1 N–H and O–H groups in total. The molecule has 1 amide bonds. The van der Waals surface area contributed by atoms with Crippen LogP contribution in [0.2, 0.25) is 0 Å². The van der Waals surface area contributed by atoms with Crippen molar-refractivity contribution in [2.45, 2.75) is 38.8 Å². The molecule has 4 rings (SSSR count). The van der Waals surface area contributed by atoms with Crippen LogP contribution in [0.25, 0.3) is 11.3 Å². The Kier molecular flexibility index (Phi) is 5.43. The molecule has 7 nitrogen and oxygen atoms in total. The van der Waals surface area contributed by atoms with Gasteiger partial charge in [-0.1, -0.05) is 13.3 Å². The Morgan fingerprint density at radius 2 is 2.13 bits per heavy atom. The van der Waals surface area contributed by atoms with Crippen molar-refractivity contribution >= 4 is 11.6 Å². The quantitative estimate of drug-likeness (QED) is 0.697. The van der Waals surface area contributed by atoms with Crippen molar-refractivity contribution in [3.05, 3.63) is 65.0 Å². The lowest BCUT2D eigenvalue weighted by atomic mass is 9.97. The lowest BCUT2D eigenvalue weighted by molar-refractivity contribution is -0.119. The van der Waals surface area contributed by atoms with Crippen LogP contribution in [0.15, 0.2) is 47.7 Å². The van der Waals surface area contributed by atoms with Gasteiger partial charge in [0.05, 0.1) is 29.3 Å². The van der Waals surface area contributed by atoms with Crippen LogP contribution in [-0.2, 0) is 4.79 Å². The minimum absolute atomic E-state index is 0.0993. The third-order valence-corrected chi connectivity index (χ3v) is 5.32. The van der Waals surface area contributed by atoms with Gasteiger partial charge in [0.15, 0.2) is 0 Å². The molecule has 1 aliphatic heterocycles. The topological polar surface area (TPSA) is 81.8 Å². The molecule has 0 unspecified atom stereocenters. The molecule has 0 aliphatic carbocycles. The first-order valence-electron chi connectivity index (χ1n) is 9.67. The third kappa shape index (κ3) is 3.74. The van der Waals surface area contributed by atoms with E-state index in [2.05, 4.69) is 21.5 Å². The zero-order valence-corrected chi connectivity index (χ0v) is 16.3. The molecule has 4 heterocycles. The molecule has 30 heavy (non-hydrogen) atoms. The van der Waals surface area contributed by atoms with Crippen LogP contribution < -0.4 is 10.9 Å². The largest absolute Gasteiger partial charge is 0.333 e. The molecule has 3 aromatic rings. The molecule has 0 fully saturated rings. The summed E-state index contributed by atoms with van der Waals surface area (Å²) in [5, 5.41) is 6.49. The molecular weight excluding hydrogens is 392 g/mol. The van der Waals surface area contributed by atoms with Crippen LogP contribution in [-0.4, -0.2) is 25.2 Å². The van der Waals surface area contributed by atoms with Gasteiger partial charge in [0.25, 0.3) is 5.56 Å². The van der Waals surface area contributed by atoms with Gasteiger partial charge in [-0.05, 0) is 37.1 Å². The maximum Gasteiger partial charge on any atom is 0.333 e. The van der Waals surface area contributed by atoms with Crippen LogP contribution in [0.1, 0.15) is 44.5 Å². The number of carbonyl (C=O) groups excluding carboxylic acids is 1. The maximum atomic E-state index is 13.6. The van der Waals surface area contributed by atoms with E-state index in [1.165, 1.54) is 18.5 Å². The first kappa shape index (κ1) is 19.9. The molecule has 155 valence electrons. The number of rotatable bonds is 2. The predicted octanol–water partition coefficient (Wildman–Crippen LogP) is 3.65. The van der Waals surface area contributed by atoms with Gasteiger partial charge in [-0.2, -0.15) is 13.9 Å². The molecule has 0 aromatic carbocycles. The minimum atomic E-state index is -2.88. The number of nitrogens with zero attached hydrogens (tertiary/aromatic N) is 4. The van der Waals surface area contributed by atoms with E-state index >= 15 is 0 Å². The first-order valence-corrected chi connectivity index (χ1v) is 9.67. The summed E-state index contributed by atoms with van der Waals surface area (Å²) in [6, 6.07) is 8.61. The van der Waals surface area contributed by atoms with Gasteiger partial charge in [-0.15, -0.1) is 0 Å². The Bertz CT molecular complexity index is 1120. The summed E-state index contributed by atoms with van der Waals surface area (Å²) in [5.41, 5.74) is 1.09. The van der Waals surface area contributed by atoms with Crippen LogP contribution in [0.5, 0.6) is 0 Å². The lowest BCUT2D eigenvalue weighted by Crippen LogP contribution is -2.26. The number of fused-ring (bicyclic) bond motifs is 4. The highest BCUT2D eigenvalue weighted by Crippen LogP contribution is 2.34. The number of amides is 1. The van der Waals surface area contributed by atoms with Crippen molar-refractivity contribution in [3.63, 3.8) is 0 Å². The Hall–Kier alpha value is -3.36. The first-order chi connectivity index (χ1) is 14.5. The Morgan fingerprint density at radius 3 is 2.90 bits per heavy atom. The van der Waals surface area contributed by atoms with E-state index in [4.69, 9.17) is 0 Å². The molecule has 1 aliphatic rings. The fourth-order valence-corrected chi connectivity index (χ4v) is 3.75. The summed E-state index contributed by atoms with van der Waals surface area (Å²) in [6.45, 7) is -1.09. The monoisotopic (exact) mass is 412 g/mol. The zero-order chi connectivity index (χ0) is 21.3. The van der Waals surface area contributed by atoms with Gasteiger partial charge < -0.3 is 9.88 Å². The average Bonchev–Trinajstić information content (AvgIpc) is 3.15. The van der Waals surface area contributed by atoms with Gasteiger partial charge in [-0.3, -0.25) is 14.6 Å². The normalized spacial score (nSPS) is 19.5. The van der Waals surface area contributed by atoms with E-state index < -0.39 is 12.6 Å². The summed E-state index contributed by atoms with van der Waals surface area (Å²) in [7, 11) is 0. The number of anilines is 1. The lowest BCUT2D eigenvalue weighted by Gasteiger charge is -2.22. The highest BCUT2D eigenvalue weighted by atomic mass is 19.3. The summed E-state index contributed by atoms with van der Waals surface area (Å²) in [4.78, 5) is 29.5. The highest BCUT2D eigenvalue weighted by Gasteiger charge is 2.25. The second kappa shape index (κ2) is 8.17. The molecule has 0 saturated heterocycles. The van der Waals surface area contributed by atoms with Gasteiger partial charge in [0.2, 0.25) is 5.91 Å². The van der Waals surface area contributed by atoms with E-state index in [-0.39, 0.29) is 28.8 Å². The van der Waals surface area contributed by atoms with Gasteiger partial charge in [0, 0.05) is 29.9 Å². The smallest absolute Gasteiger partial charge is 0.323 e. The predicted molar refractivity (Wildman–Crippen MR) is 106 cm³/mol. The summed E-state index contributed by atoms with van der Waals surface area (Å²) >= 11 is 0. The second-order valence-electron chi connectivity index (χ2n) is 7.31. The zero-order valence-electron chi connectivity index (χ0n) is 16.3. The van der Waals surface area contributed by atoms with Crippen molar-refractivity contribution < 1.29 is 13.6 Å². The van der Waals surface area contributed by atoms with Gasteiger partial charge >= 0.3 is 6.55 Å². The van der Waals surface area contributed by atoms with Crippen LogP contribution in [0.4, 0.5) is 14.5 Å². The summed E-state index contributed by atoms with van der Waals surface area (Å²) in [5.74, 6) is -0.595.